The molecule has 1 aromatic rings. The zero-order valence-electron chi connectivity index (χ0n) is 17.2. The summed E-state index contributed by atoms with van der Waals surface area (Å²) >= 11 is 0. The van der Waals surface area contributed by atoms with Crippen LogP contribution in [-0.2, 0) is 4.74 Å². The van der Waals surface area contributed by atoms with Gasteiger partial charge < -0.3 is 20.3 Å². The second-order valence-electron chi connectivity index (χ2n) is 8.33. The first-order valence-electron chi connectivity index (χ1n) is 9.59. The first kappa shape index (κ1) is 21.7. The van der Waals surface area contributed by atoms with Crippen LogP contribution in [0, 0.1) is 5.92 Å². The van der Waals surface area contributed by atoms with Crippen LogP contribution < -0.4 is 10.6 Å². The van der Waals surface area contributed by atoms with Crippen molar-refractivity contribution >= 4 is 17.9 Å². The molecule has 0 radical (unpaired) electrons. The van der Waals surface area contributed by atoms with Crippen molar-refractivity contribution in [1.29, 1.82) is 0 Å². The molecule has 0 aliphatic carbocycles. The number of carbonyl (C=O) groups is 3. The normalized spacial score (nSPS) is 16.8. The van der Waals surface area contributed by atoms with Crippen molar-refractivity contribution in [3.05, 3.63) is 29.6 Å². The number of nitrogens with one attached hydrogen (secondary N) is 2. The molecule has 1 unspecified atom stereocenters. The molecule has 1 saturated heterocycles. The summed E-state index contributed by atoms with van der Waals surface area (Å²) in [6.07, 6.45) is 0.468. The Morgan fingerprint density at radius 3 is 2.46 bits per heavy atom. The van der Waals surface area contributed by atoms with E-state index >= 15 is 0 Å². The molecule has 2 heterocycles. The van der Waals surface area contributed by atoms with Crippen molar-refractivity contribution in [3.8, 4) is 0 Å². The molecule has 0 aromatic carbocycles. The van der Waals surface area contributed by atoms with Crippen molar-refractivity contribution in [2.75, 3.05) is 19.6 Å². The van der Waals surface area contributed by atoms with E-state index in [0.717, 1.165) is 6.42 Å². The molecular weight excluding hydrogens is 360 g/mol. The van der Waals surface area contributed by atoms with Crippen LogP contribution in [0.1, 0.15) is 62.0 Å². The Labute approximate surface area is 166 Å². The van der Waals surface area contributed by atoms with E-state index in [2.05, 4.69) is 15.6 Å². The summed E-state index contributed by atoms with van der Waals surface area (Å²) in [4.78, 5) is 42.4. The fourth-order valence-corrected chi connectivity index (χ4v) is 2.84. The van der Waals surface area contributed by atoms with E-state index < -0.39 is 5.60 Å². The van der Waals surface area contributed by atoms with Gasteiger partial charge in [-0.2, -0.15) is 0 Å². The Kier molecular flexibility index (Phi) is 6.99. The van der Waals surface area contributed by atoms with Gasteiger partial charge in [0.1, 0.15) is 17.0 Å². The van der Waals surface area contributed by atoms with Gasteiger partial charge in [-0.15, -0.1) is 0 Å². The van der Waals surface area contributed by atoms with Gasteiger partial charge in [-0.05, 0) is 59.1 Å². The van der Waals surface area contributed by atoms with Crippen molar-refractivity contribution < 1.29 is 19.1 Å². The van der Waals surface area contributed by atoms with Crippen molar-refractivity contribution in [1.82, 2.24) is 20.5 Å². The molecule has 1 aliphatic rings. The summed E-state index contributed by atoms with van der Waals surface area (Å²) in [5.74, 6) is -0.493. The monoisotopic (exact) mass is 390 g/mol. The number of likely N-dealkylation sites (tertiary alicyclic amines) is 1. The largest absolute Gasteiger partial charge is 0.444 e. The van der Waals surface area contributed by atoms with E-state index in [1.165, 1.54) is 0 Å². The molecule has 0 saturated carbocycles. The van der Waals surface area contributed by atoms with Crippen LogP contribution >= 0.6 is 0 Å². The van der Waals surface area contributed by atoms with Gasteiger partial charge in [0.25, 0.3) is 11.8 Å². The van der Waals surface area contributed by atoms with Gasteiger partial charge in [0.05, 0.1) is 0 Å². The quantitative estimate of drug-likeness (QED) is 0.803. The SMILES string of the molecule is CC(C)NC(=O)c1cccc(C(=O)NCC2CCN(C(=O)OC(C)(C)C)C2)n1. The third-order valence-corrected chi connectivity index (χ3v) is 4.12. The Bertz CT molecular complexity index is 727. The molecule has 0 bridgehead atoms. The molecule has 1 aliphatic heterocycles. The lowest BCUT2D eigenvalue weighted by Gasteiger charge is -2.24. The number of carbonyl (C=O) groups excluding carboxylic acids is 3. The third-order valence-electron chi connectivity index (χ3n) is 4.12. The van der Waals surface area contributed by atoms with Gasteiger partial charge in [-0.3, -0.25) is 9.59 Å². The summed E-state index contributed by atoms with van der Waals surface area (Å²) in [7, 11) is 0. The number of pyridine rings is 1. The molecule has 1 fully saturated rings. The minimum Gasteiger partial charge on any atom is -0.444 e. The third kappa shape index (κ3) is 6.51. The predicted octanol–water partition coefficient (Wildman–Crippen LogP) is 2.21. The highest BCUT2D eigenvalue weighted by Crippen LogP contribution is 2.19. The van der Waals surface area contributed by atoms with E-state index in [-0.39, 0.29) is 41.3 Å². The number of rotatable bonds is 5. The highest BCUT2D eigenvalue weighted by molar-refractivity contribution is 5.96. The summed E-state index contributed by atoms with van der Waals surface area (Å²) in [6.45, 7) is 10.8. The second-order valence-corrected chi connectivity index (χ2v) is 8.33. The topological polar surface area (TPSA) is 101 Å². The molecule has 154 valence electrons. The molecule has 28 heavy (non-hydrogen) atoms. The van der Waals surface area contributed by atoms with Gasteiger partial charge in [0.2, 0.25) is 0 Å². The van der Waals surface area contributed by atoms with E-state index in [9.17, 15) is 14.4 Å². The molecule has 2 N–H and O–H groups in total. The van der Waals surface area contributed by atoms with E-state index in [4.69, 9.17) is 4.74 Å². The first-order chi connectivity index (χ1) is 13.0. The van der Waals surface area contributed by atoms with Gasteiger partial charge in [0.15, 0.2) is 0 Å². The molecule has 1 aromatic heterocycles. The second kappa shape index (κ2) is 9.03. The molecule has 8 heteroatoms. The molecular formula is C20H30N4O4. The number of nitrogens with zero attached hydrogens (tertiary/aromatic N) is 2. The molecule has 1 atom stereocenters. The summed E-state index contributed by atoms with van der Waals surface area (Å²) < 4.78 is 5.38. The van der Waals surface area contributed by atoms with Crippen LogP contribution in [0.5, 0.6) is 0 Å². The van der Waals surface area contributed by atoms with Crippen LogP contribution in [-0.4, -0.2) is 59.1 Å². The Morgan fingerprint density at radius 2 is 1.86 bits per heavy atom. The van der Waals surface area contributed by atoms with Crippen molar-refractivity contribution in [3.63, 3.8) is 0 Å². The van der Waals surface area contributed by atoms with E-state index in [1.807, 2.05) is 34.6 Å². The Balaban J connectivity index is 1.86. The van der Waals surface area contributed by atoms with E-state index in [0.29, 0.717) is 19.6 Å². The highest BCUT2D eigenvalue weighted by atomic mass is 16.6. The number of aromatic nitrogens is 1. The lowest BCUT2D eigenvalue weighted by molar-refractivity contribution is 0.0288. The zero-order chi connectivity index (χ0) is 20.9. The summed E-state index contributed by atoms with van der Waals surface area (Å²) in [5, 5.41) is 5.59. The fourth-order valence-electron chi connectivity index (χ4n) is 2.84. The lowest BCUT2D eigenvalue weighted by atomic mass is 10.1. The van der Waals surface area contributed by atoms with Crippen LogP contribution in [0.25, 0.3) is 0 Å². The van der Waals surface area contributed by atoms with Crippen molar-refractivity contribution in [2.45, 2.75) is 52.7 Å². The number of hydrogen-bond acceptors (Lipinski definition) is 5. The average Bonchev–Trinajstić information content (AvgIpc) is 3.07. The predicted molar refractivity (Wildman–Crippen MR) is 105 cm³/mol. The zero-order valence-corrected chi connectivity index (χ0v) is 17.2. The minimum absolute atomic E-state index is 0.0120. The maximum atomic E-state index is 12.4. The average molecular weight is 390 g/mol. The number of amides is 3. The molecule has 8 nitrogen and oxygen atoms in total. The molecule has 2 rings (SSSR count). The van der Waals surface area contributed by atoms with Crippen LogP contribution in [0.3, 0.4) is 0 Å². The van der Waals surface area contributed by atoms with Crippen molar-refractivity contribution in [2.24, 2.45) is 5.92 Å². The molecule has 0 spiro atoms. The maximum absolute atomic E-state index is 12.4. The lowest BCUT2D eigenvalue weighted by Crippen LogP contribution is -2.37. The molecule has 3 amide bonds. The highest BCUT2D eigenvalue weighted by Gasteiger charge is 2.30. The smallest absolute Gasteiger partial charge is 0.410 e. The van der Waals surface area contributed by atoms with Gasteiger partial charge in [-0.25, -0.2) is 9.78 Å². The first-order valence-corrected chi connectivity index (χ1v) is 9.59. The van der Waals surface area contributed by atoms with Gasteiger partial charge in [0, 0.05) is 25.7 Å². The van der Waals surface area contributed by atoms with Crippen LogP contribution in [0.2, 0.25) is 0 Å². The summed E-state index contributed by atoms with van der Waals surface area (Å²) in [6, 6.07) is 4.77. The van der Waals surface area contributed by atoms with Crippen LogP contribution in [0.4, 0.5) is 4.79 Å². The van der Waals surface area contributed by atoms with Gasteiger partial charge >= 0.3 is 6.09 Å². The fraction of sp³-hybridized carbons (Fsp3) is 0.600. The number of hydrogen-bond donors (Lipinski definition) is 2. The standard InChI is InChI=1S/C20H30N4O4/c1-13(2)22-18(26)16-8-6-7-15(23-16)17(25)21-11-14-9-10-24(12-14)19(27)28-20(3,4)5/h6-8,13-14H,9-12H2,1-5H3,(H,21,25)(H,22,26). The minimum atomic E-state index is -0.526. The van der Waals surface area contributed by atoms with Crippen LogP contribution in [0.15, 0.2) is 18.2 Å². The van der Waals surface area contributed by atoms with Gasteiger partial charge in [-0.1, -0.05) is 6.07 Å². The maximum Gasteiger partial charge on any atom is 0.410 e. The Morgan fingerprint density at radius 1 is 1.21 bits per heavy atom. The number of ether oxygens (including phenoxy) is 1. The Hall–Kier alpha value is -2.64. The van der Waals surface area contributed by atoms with E-state index in [1.54, 1.807) is 23.1 Å². The summed E-state index contributed by atoms with van der Waals surface area (Å²) in [5.41, 5.74) is -0.126.